The van der Waals surface area contributed by atoms with Crippen LogP contribution in [0.15, 0.2) is 47.1 Å². The van der Waals surface area contributed by atoms with Gasteiger partial charge in [-0.2, -0.15) is 0 Å². The summed E-state index contributed by atoms with van der Waals surface area (Å²) in [6.07, 6.45) is -3.52. The van der Waals surface area contributed by atoms with Crippen molar-refractivity contribution in [2.75, 3.05) is 0 Å². The maximum Gasteiger partial charge on any atom is 0.573 e. The van der Waals surface area contributed by atoms with Crippen LogP contribution in [0.4, 0.5) is 13.2 Å². The van der Waals surface area contributed by atoms with E-state index in [2.05, 4.69) is 10.1 Å². The highest BCUT2D eigenvalue weighted by Gasteiger charge is 2.31. The number of aliphatic hydroxyl groups excluding tert-OH is 1. The number of hydrogen-bond donors (Lipinski definition) is 2. The van der Waals surface area contributed by atoms with E-state index in [-0.39, 0.29) is 11.8 Å². The number of rotatable bonds is 7. The van der Waals surface area contributed by atoms with Crippen molar-refractivity contribution < 1.29 is 27.4 Å². The summed E-state index contributed by atoms with van der Waals surface area (Å²) in [5, 5.41) is 13.1. The average molecular weight is 329 g/mol. The monoisotopic (exact) mass is 329 g/mol. The lowest BCUT2D eigenvalue weighted by atomic mass is 10.1. The van der Waals surface area contributed by atoms with Gasteiger partial charge in [0, 0.05) is 12.6 Å². The molecule has 2 aromatic rings. The zero-order valence-electron chi connectivity index (χ0n) is 12.5. The Kier molecular flexibility index (Phi) is 5.68. The first kappa shape index (κ1) is 17.4. The number of aliphatic hydroxyl groups is 1. The Morgan fingerprint density at radius 2 is 2.04 bits per heavy atom. The largest absolute Gasteiger partial charge is 0.573 e. The molecule has 1 aromatic carbocycles. The van der Waals surface area contributed by atoms with Crippen LogP contribution in [0.1, 0.15) is 30.8 Å². The maximum atomic E-state index is 12.2. The van der Waals surface area contributed by atoms with Crippen molar-refractivity contribution in [3.63, 3.8) is 0 Å². The molecular formula is C16H18F3NO3. The minimum atomic E-state index is -4.70. The van der Waals surface area contributed by atoms with E-state index in [4.69, 9.17) is 4.42 Å². The van der Waals surface area contributed by atoms with Crippen molar-refractivity contribution in [1.82, 2.24) is 5.32 Å². The van der Waals surface area contributed by atoms with Gasteiger partial charge in [0.05, 0.1) is 6.26 Å². The second-order valence-corrected chi connectivity index (χ2v) is 5.24. The van der Waals surface area contributed by atoms with Gasteiger partial charge in [-0.15, -0.1) is 13.2 Å². The van der Waals surface area contributed by atoms with Gasteiger partial charge in [-0.25, -0.2) is 0 Å². The van der Waals surface area contributed by atoms with E-state index in [9.17, 15) is 18.3 Å². The molecule has 23 heavy (non-hydrogen) atoms. The number of benzene rings is 1. The lowest BCUT2D eigenvalue weighted by Gasteiger charge is -2.17. The summed E-state index contributed by atoms with van der Waals surface area (Å²) in [5.41, 5.74) is 0.658. The SMILES string of the molecule is CC(CC(O)c1ccco1)NCc1cccc(OC(F)(F)F)c1. The van der Waals surface area contributed by atoms with E-state index in [1.54, 1.807) is 18.2 Å². The lowest BCUT2D eigenvalue weighted by Crippen LogP contribution is -2.27. The van der Waals surface area contributed by atoms with Crippen LogP contribution in [0.2, 0.25) is 0 Å². The molecule has 0 aliphatic heterocycles. The summed E-state index contributed by atoms with van der Waals surface area (Å²) >= 11 is 0. The fourth-order valence-electron chi connectivity index (χ4n) is 2.16. The smallest absolute Gasteiger partial charge is 0.467 e. The molecule has 1 heterocycles. The number of halogens is 3. The molecule has 0 saturated heterocycles. The predicted molar refractivity (Wildman–Crippen MR) is 77.7 cm³/mol. The van der Waals surface area contributed by atoms with E-state index < -0.39 is 12.5 Å². The molecule has 0 spiro atoms. The van der Waals surface area contributed by atoms with Gasteiger partial charge < -0.3 is 19.6 Å². The zero-order chi connectivity index (χ0) is 16.9. The van der Waals surface area contributed by atoms with Crippen LogP contribution in [0.25, 0.3) is 0 Å². The molecule has 2 N–H and O–H groups in total. The topological polar surface area (TPSA) is 54.6 Å². The van der Waals surface area contributed by atoms with Gasteiger partial charge in [0.25, 0.3) is 0 Å². The number of hydrogen-bond acceptors (Lipinski definition) is 4. The average Bonchev–Trinajstić information content (AvgIpc) is 2.98. The molecule has 0 bridgehead atoms. The van der Waals surface area contributed by atoms with Gasteiger partial charge >= 0.3 is 6.36 Å². The summed E-state index contributed by atoms with van der Waals surface area (Å²) in [4.78, 5) is 0. The third kappa shape index (κ3) is 5.96. The highest BCUT2D eigenvalue weighted by Crippen LogP contribution is 2.23. The van der Waals surface area contributed by atoms with Crippen molar-refractivity contribution >= 4 is 0 Å². The fraction of sp³-hybridized carbons (Fsp3) is 0.375. The van der Waals surface area contributed by atoms with Crippen LogP contribution in [-0.2, 0) is 6.54 Å². The minimum Gasteiger partial charge on any atom is -0.467 e. The second-order valence-electron chi connectivity index (χ2n) is 5.24. The van der Waals surface area contributed by atoms with Crippen LogP contribution < -0.4 is 10.1 Å². The van der Waals surface area contributed by atoms with E-state index in [1.807, 2.05) is 6.92 Å². The van der Waals surface area contributed by atoms with Gasteiger partial charge in [0.15, 0.2) is 0 Å². The number of nitrogens with one attached hydrogen (secondary N) is 1. The number of ether oxygens (including phenoxy) is 1. The minimum absolute atomic E-state index is 0.0534. The highest BCUT2D eigenvalue weighted by molar-refractivity contribution is 5.28. The van der Waals surface area contributed by atoms with Crippen LogP contribution in [0, 0.1) is 0 Å². The summed E-state index contributed by atoms with van der Waals surface area (Å²) < 4.78 is 45.6. The molecule has 4 nitrogen and oxygen atoms in total. The molecule has 2 atom stereocenters. The van der Waals surface area contributed by atoms with Gasteiger partial charge in [0.1, 0.15) is 17.6 Å². The molecule has 0 radical (unpaired) electrons. The molecule has 126 valence electrons. The predicted octanol–water partition coefficient (Wildman–Crippen LogP) is 3.78. The standard InChI is InChI=1S/C16H18F3NO3/c1-11(8-14(21)15-6-3-7-22-15)20-10-12-4-2-5-13(9-12)23-16(17,18)19/h2-7,9,11,14,20-21H,8,10H2,1H3. The molecule has 0 aliphatic carbocycles. The summed E-state index contributed by atoms with van der Waals surface area (Å²) in [6.45, 7) is 2.24. The number of furan rings is 1. The highest BCUT2D eigenvalue weighted by atomic mass is 19.4. The molecule has 1 aromatic heterocycles. The second kappa shape index (κ2) is 7.52. The molecule has 0 fully saturated rings. The van der Waals surface area contributed by atoms with E-state index in [0.29, 0.717) is 24.3 Å². The molecule has 0 aliphatic rings. The summed E-state index contributed by atoms with van der Waals surface area (Å²) in [6, 6.07) is 9.11. The third-order valence-electron chi connectivity index (χ3n) is 3.24. The van der Waals surface area contributed by atoms with Crippen molar-refractivity contribution in [2.24, 2.45) is 0 Å². The van der Waals surface area contributed by atoms with Crippen LogP contribution >= 0.6 is 0 Å². The normalized spacial score (nSPS) is 14.5. The van der Waals surface area contributed by atoms with Gasteiger partial charge in [-0.3, -0.25) is 0 Å². The zero-order valence-corrected chi connectivity index (χ0v) is 12.5. The number of alkyl halides is 3. The van der Waals surface area contributed by atoms with Crippen molar-refractivity contribution in [1.29, 1.82) is 0 Å². The van der Waals surface area contributed by atoms with Crippen molar-refractivity contribution in [2.45, 2.75) is 38.4 Å². The van der Waals surface area contributed by atoms with Crippen LogP contribution in [0.3, 0.4) is 0 Å². The molecule has 7 heteroatoms. The van der Waals surface area contributed by atoms with Crippen LogP contribution in [0.5, 0.6) is 5.75 Å². The van der Waals surface area contributed by atoms with Crippen molar-refractivity contribution in [3.8, 4) is 5.75 Å². The van der Waals surface area contributed by atoms with Crippen LogP contribution in [-0.4, -0.2) is 17.5 Å². The van der Waals surface area contributed by atoms with E-state index >= 15 is 0 Å². The quantitative estimate of drug-likeness (QED) is 0.812. The molecule has 2 unspecified atom stereocenters. The Morgan fingerprint density at radius 1 is 1.26 bits per heavy atom. The Hall–Kier alpha value is -1.99. The molecular weight excluding hydrogens is 311 g/mol. The summed E-state index contributed by atoms with van der Waals surface area (Å²) in [5.74, 6) is 0.235. The Bertz CT molecular complexity index is 599. The van der Waals surface area contributed by atoms with E-state index in [0.717, 1.165) is 0 Å². The molecule has 0 amide bonds. The third-order valence-corrected chi connectivity index (χ3v) is 3.24. The Balaban J connectivity index is 1.84. The Morgan fingerprint density at radius 3 is 2.70 bits per heavy atom. The van der Waals surface area contributed by atoms with Crippen molar-refractivity contribution in [3.05, 3.63) is 54.0 Å². The molecule has 0 saturated carbocycles. The first-order valence-electron chi connectivity index (χ1n) is 7.13. The first-order chi connectivity index (χ1) is 10.8. The van der Waals surface area contributed by atoms with Gasteiger partial charge in [-0.1, -0.05) is 12.1 Å². The van der Waals surface area contributed by atoms with E-state index in [1.165, 1.54) is 24.5 Å². The fourth-order valence-corrected chi connectivity index (χ4v) is 2.16. The maximum absolute atomic E-state index is 12.2. The first-order valence-corrected chi connectivity index (χ1v) is 7.13. The molecule has 2 rings (SSSR count). The van der Waals surface area contributed by atoms with Gasteiger partial charge in [0.2, 0.25) is 0 Å². The van der Waals surface area contributed by atoms with Gasteiger partial charge in [-0.05, 0) is 43.2 Å². The summed E-state index contributed by atoms with van der Waals surface area (Å²) in [7, 11) is 0. The lowest BCUT2D eigenvalue weighted by molar-refractivity contribution is -0.274. The Labute approximate surface area is 131 Å².